The van der Waals surface area contributed by atoms with Gasteiger partial charge in [-0.15, -0.1) is 0 Å². The summed E-state index contributed by atoms with van der Waals surface area (Å²) in [6.07, 6.45) is 3.58. The van der Waals surface area contributed by atoms with Crippen molar-refractivity contribution < 1.29 is 14.3 Å². The van der Waals surface area contributed by atoms with Gasteiger partial charge in [0.1, 0.15) is 17.1 Å². The molecule has 174 valence electrons. The maximum Gasteiger partial charge on any atom is 0.255 e. The number of furan rings is 1. The highest BCUT2D eigenvalue weighted by molar-refractivity contribution is 6.08. The lowest BCUT2D eigenvalue weighted by atomic mass is 9.65. The number of nitrogens with zero attached hydrogens (tertiary/aromatic N) is 1. The highest BCUT2D eigenvalue weighted by atomic mass is 16.3. The standard InChI is InChI=1S/C28H34N2O3/c1-18-24(26(32)29-14-19-8-6-5-7-9-19)25-21(22(31)10-11-23(25)33-18)15-30-17-28(4)13-20(30)12-27(2,3)16-28/h5-11,20,31H,12-17H2,1-4H3,(H,29,32)/t20-,28-/m0/s1. The topological polar surface area (TPSA) is 65.7 Å². The van der Waals surface area contributed by atoms with Gasteiger partial charge in [-0.2, -0.15) is 0 Å². The van der Waals surface area contributed by atoms with Crippen molar-refractivity contribution in [1.82, 2.24) is 10.2 Å². The van der Waals surface area contributed by atoms with Gasteiger partial charge in [0, 0.05) is 36.6 Å². The third kappa shape index (κ3) is 4.15. The summed E-state index contributed by atoms with van der Waals surface area (Å²) >= 11 is 0. The predicted molar refractivity (Wildman–Crippen MR) is 130 cm³/mol. The lowest BCUT2D eigenvalue weighted by molar-refractivity contribution is 0.0950. The SMILES string of the molecule is Cc1oc2ccc(O)c(CN3C[C@@]4(C)C[C@@H]3CC(C)(C)C4)c2c1C(=O)NCc1ccccc1. The number of rotatable bonds is 5. The maximum atomic E-state index is 13.3. The number of carbonyl (C=O) groups excluding carboxylic acids is 1. The molecule has 1 aliphatic heterocycles. The van der Waals surface area contributed by atoms with Gasteiger partial charge in [0.25, 0.3) is 5.91 Å². The quantitative estimate of drug-likeness (QED) is 0.522. The summed E-state index contributed by atoms with van der Waals surface area (Å²) in [6, 6.07) is 13.8. The Labute approximate surface area is 195 Å². The van der Waals surface area contributed by atoms with Crippen molar-refractivity contribution in [3.8, 4) is 5.75 Å². The monoisotopic (exact) mass is 446 g/mol. The number of aromatic hydroxyl groups is 1. The van der Waals surface area contributed by atoms with Gasteiger partial charge in [-0.3, -0.25) is 9.69 Å². The first-order valence-electron chi connectivity index (χ1n) is 11.9. The summed E-state index contributed by atoms with van der Waals surface area (Å²) in [6.45, 7) is 11.0. The highest BCUT2D eigenvalue weighted by Crippen LogP contribution is 2.53. The molecule has 3 aromatic rings. The van der Waals surface area contributed by atoms with Crippen LogP contribution in [0.2, 0.25) is 0 Å². The molecular weight excluding hydrogens is 412 g/mol. The Kier molecular flexibility index (Phi) is 5.28. The minimum Gasteiger partial charge on any atom is -0.508 e. The first-order valence-corrected chi connectivity index (χ1v) is 11.9. The van der Waals surface area contributed by atoms with Gasteiger partial charge in [0.15, 0.2) is 0 Å². The largest absolute Gasteiger partial charge is 0.508 e. The van der Waals surface area contributed by atoms with Crippen LogP contribution in [0.5, 0.6) is 5.75 Å². The lowest BCUT2D eigenvalue weighted by Gasteiger charge is -2.40. The fraction of sp³-hybridized carbons (Fsp3) is 0.464. The molecule has 33 heavy (non-hydrogen) atoms. The van der Waals surface area contributed by atoms with E-state index in [1.165, 1.54) is 12.8 Å². The number of fused-ring (bicyclic) bond motifs is 3. The zero-order valence-electron chi connectivity index (χ0n) is 20.1. The summed E-state index contributed by atoms with van der Waals surface area (Å²) in [5.74, 6) is 0.636. The molecule has 2 heterocycles. The minimum atomic E-state index is -0.171. The molecule has 1 aliphatic carbocycles. The van der Waals surface area contributed by atoms with Crippen LogP contribution in [0.15, 0.2) is 46.9 Å². The second kappa shape index (κ2) is 7.91. The molecule has 5 heteroatoms. The summed E-state index contributed by atoms with van der Waals surface area (Å²) < 4.78 is 5.98. The number of benzene rings is 2. The average molecular weight is 447 g/mol. The zero-order valence-corrected chi connectivity index (χ0v) is 20.1. The molecule has 0 unspecified atom stereocenters. The van der Waals surface area contributed by atoms with Crippen LogP contribution in [0.3, 0.4) is 0 Å². The Bertz CT molecular complexity index is 1200. The van der Waals surface area contributed by atoms with Crippen LogP contribution >= 0.6 is 0 Å². The first-order chi connectivity index (χ1) is 15.6. The molecule has 1 saturated carbocycles. The second-order valence-corrected chi connectivity index (χ2v) is 11.3. The van der Waals surface area contributed by atoms with E-state index in [-0.39, 0.29) is 11.7 Å². The van der Waals surface area contributed by atoms with Gasteiger partial charge < -0.3 is 14.8 Å². The summed E-state index contributed by atoms with van der Waals surface area (Å²) in [5.41, 5.74) is 3.65. The van der Waals surface area contributed by atoms with Crippen LogP contribution in [-0.4, -0.2) is 28.5 Å². The number of hydrogen-bond donors (Lipinski definition) is 2. The van der Waals surface area contributed by atoms with Gasteiger partial charge in [-0.25, -0.2) is 0 Å². The van der Waals surface area contributed by atoms with E-state index in [2.05, 4.69) is 31.0 Å². The molecule has 5 nitrogen and oxygen atoms in total. The van der Waals surface area contributed by atoms with Crippen LogP contribution in [-0.2, 0) is 13.1 Å². The molecular formula is C28H34N2O3. The number of aryl methyl sites for hydroxylation is 1. The Morgan fingerprint density at radius 3 is 2.67 bits per heavy atom. The fourth-order valence-electron chi connectivity index (χ4n) is 6.63. The molecule has 2 bridgehead atoms. The first kappa shape index (κ1) is 22.0. The van der Waals surface area contributed by atoms with Gasteiger partial charge in [0.2, 0.25) is 0 Å². The molecule has 1 amide bonds. The zero-order chi connectivity index (χ0) is 23.4. The van der Waals surface area contributed by atoms with Crippen molar-refractivity contribution in [3.63, 3.8) is 0 Å². The molecule has 5 rings (SSSR count). The molecule has 2 N–H and O–H groups in total. The molecule has 1 aromatic heterocycles. The summed E-state index contributed by atoms with van der Waals surface area (Å²) in [4.78, 5) is 15.8. The van der Waals surface area contributed by atoms with E-state index in [9.17, 15) is 9.90 Å². The fourth-order valence-corrected chi connectivity index (χ4v) is 6.63. The summed E-state index contributed by atoms with van der Waals surface area (Å²) in [5, 5.41) is 14.7. The Hall–Kier alpha value is -2.79. The van der Waals surface area contributed by atoms with Crippen molar-refractivity contribution >= 4 is 16.9 Å². The van der Waals surface area contributed by atoms with Crippen LogP contribution < -0.4 is 5.32 Å². The van der Waals surface area contributed by atoms with E-state index in [1.807, 2.05) is 37.3 Å². The third-order valence-corrected chi connectivity index (χ3v) is 7.52. The van der Waals surface area contributed by atoms with Crippen molar-refractivity contribution in [2.24, 2.45) is 10.8 Å². The number of nitrogens with one attached hydrogen (secondary N) is 1. The Balaban J connectivity index is 1.47. The number of likely N-dealkylation sites (tertiary alicyclic amines) is 1. The van der Waals surface area contributed by atoms with E-state index in [0.29, 0.717) is 46.9 Å². The van der Waals surface area contributed by atoms with Crippen LogP contribution in [0.4, 0.5) is 0 Å². The third-order valence-electron chi connectivity index (χ3n) is 7.52. The predicted octanol–water partition coefficient (Wildman–Crippen LogP) is 5.78. The van der Waals surface area contributed by atoms with Crippen LogP contribution in [0.1, 0.15) is 67.3 Å². The van der Waals surface area contributed by atoms with E-state index < -0.39 is 0 Å². The molecule has 0 radical (unpaired) electrons. The van der Waals surface area contributed by atoms with Crippen molar-refractivity contribution in [1.29, 1.82) is 0 Å². The van der Waals surface area contributed by atoms with Crippen molar-refractivity contribution in [2.75, 3.05) is 6.54 Å². The molecule has 0 spiro atoms. The smallest absolute Gasteiger partial charge is 0.255 e. The van der Waals surface area contributed by atoms with Crippen molar-refractivity contribution in [3.05, 3.63) is 64.9 Å². The van der Waals surface area contributed by atoms with E-state index in [0.717, 1.165) is 29.5 Å². The molecule has 1 saturated heterocycles. The number of phenols is 1. The second-order valence-electron chi connectivity index (χ2n) is 11.3. The van der Waals surface area contributed by atoms with Gasteiger partial charge in [-0.1, -0.05) is 51.1 Å². The van der Waals surface area contributed by atoms with Crippen LogP contribution in [0, 0.1) is 17.8 Å². The minimum absolute atomic E-state index is 0.171. The number of hydrogen-bond acceptors (Lipinski definition) is 4. The molecule has 2 fully saturated rings. The molecule has 2 aliphatic rings. The summed E-state index contributed by atoms with van der Waals surface area (Å²) in [7, 11) is 0. The lowest BCUT2D eigenvalue weighted by Crippen LogP contribution is -2.34. The maximum absolute atomic E-state index is 13.3. The molecule has 2 aromatic carbocycles. The van der Waals surface area contributed by atoms with Crippen molar-refractivity contribution in [2.45, 2.75) is 66.1 Å². The number of phenolic OH excluding ortho intramolecular Hbond substituents is 1. The average Bonchev–Trinajstić information content (AvgIpc) is 3.20. The Morgan fingerprint density at radius 2 is 1.91 bits per heavy atom. The van der Waals surface area contributed by atoms with Gasteiger partial charge in [-0.05, 0) is 54.7 Å². The molecule has 2 atom stereocenters. The van der Waals surface area contributed by atoms with Crippen LogP contribution in [0.25, 0.3) is 11.0 Å². The highest BCUT2D eigenvalue weighted by Gasteiger charge is 2.49. The van der Waals surface area contributed by atoms with E-state index >= 15 is 0 Å². The van der Waals surface area contributed by atoms with E-state index in [1.54, 1.807) is 12.1 Å². The number of carbonyl (C=O) groups is 1. The van der Waals surface area contributed by atoms with Gasteiger partial charge >= 0.3 is 0 Å². The van der Waals surface area contributed by atoms with Gasteiger partial charge in [0.05, 0.1) is 5.56 Å². The van der Waals surface area contributed by atoms with E-state index in [4.69, 9.17) is 4.42 Å². The Morgan fingerprint density at radius 1 is 1.15 bits per heavy atom. The number of amides is 1. The normalized spacial score (nSPS) is 24.3.